The minimum atomic E-state index is -2.88. The molecule has 1 unspecified atom stereocenters. The normalized spacial score (nSPS) is 15.6. The second-order valence-electron chi connectivity index (χ2n) is 7.57. The maximum atomic E-state index is 12.3. The molecule has 0 spiro atoms. The number of hydrogen-bond acceptors (Lipinski definition) is 5. The van der Waals surface area contributed by atoms with Gasteiger partial charge in [0.25, 0.3) is 0 Å². The number of aliphatic hydroxyl groups excluding tert-OH is 1. The highest BCUT2D eigenvalue weighted by atomic mass is 19.3. The van der Waals surface area contributed by atoms with Crippen molar-refractivity contribution in [2.45, 2.75) is 58.0 Å². The lowest BCUT2D eigenvalue weighted by molar-refractivity contribution is -0.0498. The molecule has 1 atom stereocenters. The Bertz CT molecular complexity index is 859. The van der Waals surface area contributed by atoms with Crippen LogP contribution in [0.15, 0.2) is 47.6 Å². The first-order valence-electron chi connectivity index (χ1n) is 10.9. The summed E-state index contributed by atoms with van der Waals surface area (Å²) in [6, 6.07) is 9.71. The standard InChI is InChI=1S/C23H30F2N4O3/c1-2-26-23(29-15-20(30)17-7-9-19(10-8-17)32-22(24)25)28-14-16-11-12-27-21(13-16)31-18-5-3-4-6-18/h7-13,18,20,22,30H,2-6,14-15H2,1H3,(H2,26,28,29). The highest BCUT2D eigenvalue weighted by Gasteiger charge is 2.17. The van der Waals surface area contributed by atoms with Crippen LogP contribution in [0.5, 0.6) is 11.6 Å². The van der Waals surface area contributed by atoms with Gasteiger partial charge in [0.2, 0.25) is 5.88 Å². The number of alkyl halides is 2. The monoisotopic (exact) mass is 448 g/mol. The molecule has 0 radical (unpaired) electrons. The van der Waals surface area contributed by atoms with E-state index >= 15 is 0 Å². The molecule has 1 aliphatic carbocycles. The molecular formula is C23H30F2N4O3. The summed E-state index contributed by atoms with van der Waals surface area (Å²) in [5, 5.41) is 16.7. The Morgan fingerprint density at radius 1 is 1.19 bits per heavy atom. The van der Waals surface area contributed by atoms with Gasteiger partial charge in [-0.3, -0.25) is 0 Å². The van der Waals surface area contributed by atoms with Gasteiger partial charge in [-0.1, -0.05) is 12.1 Å². The molecule has 2 aromatic rings. The molecule has 1 fully saturated rings. The van der Waals surface area contributed by atoms with E-state index in [4.69, 9.17) is 4.74 Å². The van der Waals surface area contributed by atoms with Crippen molar-refractivity contribution in [3.05, 3.63) is 53.7 Å². The Balaban J connectivity index is 1.54. The van der Waals surface area contributed by atoms with Gasteiger partial charge in [-0.25, -0.2) is 9.98 Å². The molecule has 1 aromatic heterocycles. The Morgan fingerprint density at radius 2 is 1.94 bits per heavy atom. The van der Waals surface area contributed by atoms with Crippen LogP contribution in [0, 0.1) is 0 Å². The summed E-state index contributed by atoms with van der Waals surface area (Å²) in [6.45, 7) is 0.364. The molecule has 7 nitrogen and oxygen atoms in total. The molecule has 1 heterocycles. The quantitative estimate of drug-likeness (QED) is 0.379. The van der Waals surface area contributed by atoms with Crippen LogP contribution >= 0.6 is 0 Å². The minimum absolute atomic E-state index is 0.0486. The van der Waals surface area contributed by atoms with Gasteiger partial charge >= 0.3 is 6.61 Å². The van der Waals surface area contributed by atoms with Crippen molar-refractivity contribution < 1.29 is 23.4 Å². The molecule has 9 heteroatoms. The van der Waals surface area contributed by atoms with Crippen LogP contribution in [0.3, 0.4) is 0 Å². The van der Waals surface area contributed by atoms with Crippen LogP contribution in [0.25, 0.3) is 0 Å². The van der Waals surface area contributed by atoms with Crippen molar-refractivity contribution in [2.75, 3.05) is 13.1 Å². The Morgan fingerprint density at radius 3 is 2.62 bits per heavy atom. The highest BCUT2D eigenvalue weighted by Crippen LogP contribution is 2.23. The predicted octanol–water partition coefficient (Wildman–Crippen LogP) is 3.79. The minimum Gasteiger partial charge on any atom is -0.474 e. The predicted molar refractivity (Wildman–Crippen MR) is 118 cm³/mol. The number of nitrogens with one attached hydrogen (secondary N) is 2. The molecule has 0 bridgehead atoms. The van der Waals surface area contributed by atoms with E-state index < -0.39 is 12.7 Å². The first-order valence-corrected chi connectivity index (χ1v) is 10.9. The SMILES string of the molecule is CCNC(=NCc1ccnc(OC2CCCC2)c1)NCC(O)c1ccc(OC(F)F)cc1. The Kier molecular flexibility index (Phi) is 9.03. The Labute approximate surface area is 186 Å². The van der Waals surface area contributed by atoms with Crippen LogP contribution in [-0.2, 0) is 6.54 Å². The van der Waals surface area contributed by atoms with E-state index in [9.17, 15) is 13.9 Å². The summed E-state index contributed by atoms with van der Waals surface area (Å²) in [6.07, 6.45) is 5.67. The van der Waals surface area contributed by atoms with E-state index in [0.29, 0.717) is 30.5 Å². The van der Waals surface area contributed by atoms with Gasteiger partial charge < -0.3 is 25.2 Å². The number of benzene rings is 1. The van der Waals surface area contributed by atoms with Gasteiger partial charge in [-0.05, 0) is 61.9 Å². The first kappa shape index (κ1) is 23.7. The van der Waals surface area contributed by atoms with Crippen molar-refractivity contribution in [1.29, 1.82) is 0 Å². The molecular weight excluding hydrogens is 418 g/mol. The number of aromatic nitrogens is 1. The van der Waals surface area contributed by atoms with Crippen molar-refractivity contribution in [3.63, 3.8) is 0 Å². The summed E-state index contributed by atoms with van der Waals surface area (Å²) < 4.78 is 34.8. The lowest BCUT2D eigenvalue weighted by Gasteiger charge is -2.16. The molecule has 0 amide bonds. The summed E-state index contributed by atoms with van der Waals surface area (Å²) >= 11 is 0. The second kappa shape index (κ2) is 12.2. The summed E-state index contributed by atoms with van der Waals surface area (Å²) in [5.41, 5.74) is 1.55. The zero-order valence-corrected chi connectivity index (χ0v) is 18.1. The van der Waals surface area contributed by atoms with Gasteiger partial charge in [0.1, 0.15) is 11.9 Å². The zero-order chi connectivity index (χ0) is 22.8. The summed E-state index contributed by atoms with van der Waals surface area (Å²) in [5.74, 6) is 1.23. The number of halogens is 2. The number of aliphatic hydroxyl groups is 1. The van der Waals surface area contributed by atoms with Crippen molar-refractivity contribution in [2.24, 2.45) is 4.99 Å². The third kappa shape index (κ3) is 7.64. The number of guanidine groups is 1. The molecule has 32 heavy (non-hydrogen) atoms. The van der Waals surface area contributed by atoms with Gasteiger partial charge in [0, 0.05) is 25.4 Å². The average Bonchev–Trinajstić information content (AvgIpc) is 3.29. The molecule has 3 N–H and O–H groups in total. The third-order valence-corrected chi connectivity index (χ3v) is 5.11. The van der Waals surface area contributed by atoms with E-state index in [-0.39, 0.29) is 18.4 Å². The second-order valence-corrected chi connectivity index (χ2v) is 7.57. The number of ether oxygens (including phenoxy) is 2. The van der Waals surface area contributed by atoms with Gasteiger partial charge in [0.05, 0.1) is 12.6 Å². The van der Waals surface area contributed by atoms with Crippen LogP contribution < -0.4 is 20.1 Å². The fourth-order valence-electron chi connectivity index (χ4n) is 3.48. The van der Waals surface area contributed by atoms with Crippen LogP contribution in [0.1, 0.15) is 49.8 Å². The van der Waals surface area contributed by atoms with E-state index in [1.165, 1.54) is 25.0 Å². The van der Waals surface area contributed by atoms with E-state index in [1.807, 2.05) is 19.1 Å². The maximum absolute atomic E-state index is 12.3. The van der Waals surface area contributed by atoms with Crippen molar-refractivity contribution >= 4 is 5.96 Å². The van der Waals surface area contributed by atoms with Gasteiger partial charge in [-0.15, -0.1) is 0 Å². The number of hydrogen-bond donors (Lipinski definition) is 3. The van der Waals surface area contributed by atoms with E-state index in [2.05, 4.69) is 25.3 Å². The molecule has 1 aromatic carbocycles. The molecule has 0 saturated heterocycles. The topological polar surface area (TPSA) is 88.0 Å². The smallest absolute Gasteiger partial charge is 0.387 e. The van der Waals surface area contributed by atoms with Crippen molar-refractivity contribution in [1.82, 2.24) is 15.6 Å². The fraction of sp³-hybridized carbons (Fsp3) is 0.478. The third-order valence-electron chi connectivity index (χ3n) is 5.11. The average molecular weight is 449 g/mol. The van der Waals surface area contributed by atoms with Crippen molar-refractivity contribution in [3.8, 4) is 11.6 Å². The Hall–Kier alpha value is -2.94. The lowest BCUT2D eigenvalue weighted by atomic mass is 10.1. The summed E-state index contributed by atoms with van der Waals surface area (Å²) in [4.78, 5) is 8.86. The fourth-order valence-corrected chi connectivity index (χ4v) is 3.48. The largest absolute Gasteiger partial charge is 0.474 e. The van der Waals surface area contributed by atoms with Crippen LogP contribution in [0.4, 0.5) is 8.78 Å². The zero-order valence-electron chi connectivity index (χ0n) is 18.1. The molecule has 0 aliphatic heterocycles. The number of aliphatic imine (C=N–C) groups is 1. The lowest BCUT2D eigenvalue weighted by Crippen LogP contribution is -2.39. The van der Waals surface area contributed by atoms with Gasteiger partial charge in [-0.2, -0.15) is 8.78 Å². The van der Waals surface area contributed by atoms with Crippen LogP contribution in [0.2, 0.25) is 0 Å². The number of rotatable bonds is 10. The van der Waals surface area contributed by atoms with Crippen LogP contribution in [-0.4, -0.2) is 41.9 Å². The maximum Gasteiger partial charge on any atom is 0.387 e. The number of pyridine rings is 1. The van der Waals surface area contributed by atoms with E-state index in [0.717, 1.165) is 18.4 Å². The highest BCUT2D eigenvalue weighted by molar-refractivity contribution is 5.79. The first-order chi connectivity index (χ1) is 15.5. The molecule has 1 aliphatic rings. The van der Waals surface area contributed by atoms with E-state index in [1.54, 1.807) is 18.3 Å². The molecule has 1 saturated carbocycles. The van der Waals surface area contributed by atoms with Gasteiger partial charge in [0.15, 0.2) is 5.96 Å². The molecule has 174 valence electrons. The summed E-state index contributed by atoms with van der Waals surface area (Å²) in [7, 11) is 0. The molecule has 3 rings (SSSR count). The number of nitrogens with zero attached hydrogens (tertiary/aromatic N) is 2.